The fourth-order valence-electron chi connectivity index (χ4n) is 1.52. The molecule has 1 atom stereocenters. The molecule has 1 unspecified atom stereocenters. The molecule has 3 heteroatoms. The second-order valence-electron chi connectivity index (χ2n) is 4.56. The maximum atomic E-state index is 11.2. The quantitative estimate of drug-likeness (QED) is 0.637. The van der Waals surface area contributed by atoms with E-state index in [1.165, 1.54) is 12.8 Å². The number of carbonyl (C=O) groups excluding carboxylic acids is 1. The molecule has 1 fully saturated rings. The van der Waals surface area contributed by atoms with Gasteiger partial charge < -0.3 is 10.6 Å². The van der Waals surface area contributed by atoms with E-state index in [4.69, 9.17) is 6.42 Å². The first-order chi connectivity index (χ1) is 7.08. The Bertz CT molecular complexity index is 263. The Balaban J connectivity index is 2.06. The summed E-state index contributed by atoms with van der Waals surface area (Å²) in [5.74, 6) is 2.40. The van der Waals surface area contributed by atoms with E-state index in [0.717, 1.165) is 6.54 Å². The Morgan fingerprint density at radius 2 is 2.27 bits per heavy atom. The van der Waals surface area contributed by atoms with Gasteiger partial charge in [-0.1, -0.05) is 12.8 Å². The van der Waals surface area contributed by atoms with E-state index in [1.54, 1.807) is 0 Å². The van der Waals surface area contributed by atoms with Gasteiger partial charge >= 0.3 is 0 Å². The van der Waals surface area contributed by atoms with Gasteiger partial charge in [0.15, 0.2) is 0 Å². The van der Waals surface area contributed by atoms with Crippen LogP contribution in [0.25, 0.3) is 0 Å². The van der Waals surface area contributed by atoms with Gasteiger partial charge in [-0.05, 0) is 25.2 Å². The summed E-state index contributed by atoms with van der Waals surface area (Å²) < 4.78 is 0. The van der Waals surface area contributed by atoms with Crippen LogP contribution in [0.4, 0.5) is 0 Å². The number of amides is 1. The average Bonchev–Trinajstić information content (AvgIpc) is 2.94. The first kappa shape index (κ1) is 12.1. The predicted molar refractivity (Wildman–Crippen MR) is 61.3 cm³/mol. The molecule has 0 bridgehead atoms. The summed E-state index contributed by atoms with van der Waals surface area (Å²) in [6.45, 7) is 5.52. The molecule has 0 aromatic rings. The van der Waals surface area contributed by atoms with E-state index >= 15 is 0 Å². The maximum Gasteiger partial charge on any atom is 0.222 e. The standard InChI is InChI=1S/C12H20N2O/c1-4-8-14-11(15)5-9-13-10(2)12(3)6-7-12/h1,10,13H,5-9H2,2-3H3,(H,14,15). The van der Waals surface area contributed by atoms with Crippen molar-refractivity contribution < 1.29 is 4.79 Å². The van der Waals surface area contributed by atoms with E-state index in [-0.39, 0.29) is 5.91 Å². The summed E-state index contributed by atoms with van der Waals surface area (Å²) in [5.41, 5.74) is 0.468. The van der Waals surface area contributed by atoms with Crippen LogP contribution in [0.2, 0.25) is 0 Å². The third kappa shape index (κ3) is 3.93. The smallest absolute Gasteiger partial charge is 0.222 e. The van der Waals surface area contributed by atoms with Crippen molar-refractivity contribution in [2.45, 2.75) is 39.2 Å². The molecular formula is C12H20N2O. The monoisotopic (exact) mass is 208 g/mol. The van der Waals surface area contributed by atoms with Crippen LogP contribution in [0.5, 0.6) is 0 Å². The van der Waals surface area contributed by atoms with E-state index in [1.807, 2.05) is 0 Å². The van der Waals surface area contributed by atoms with Gasteiger partial charge in [-0.2, -0.15) is 0 Å². The van der Waals surface area contributed by atoms with Crippen molar-refractivity contribution >= 4 is 5.91 Å². The largest absolute Gasteiger partial charge is 0.345 e. The fourth-order valence-corrected chi connectivity index (χ4v) is 1.52. The number of carbonyl (C=O) groups is 1. The van der Waals surface area contributed by atoms with Crippen LogP contribution in [-0.2, 0) is 4.79 Å². The zero-order valence-corrected chi connectivity index (χ0v) is 9.60. The molecule has 1 rings (SSSR count). The van der Waals surface area contributed by atoms with Crippen molar-refractivity contribution in [2.24, 2.45) is 5.41 Å². The van der Waals surface area contributed by atoms with Gasteiger partial charge in [-0.25, -0.2) is 0 Å². The zero-order valence-electron chi connectivity index (χ0n) is 9.60. The van der Waals surface area contributed by atoms with Crippen molar-refractivity contribution in [3.63, 3.8) is 0 Å². The molecule has 2 N–H and O–H groups in total. The zero-order chi connectivity index (χ0) is 11.3. The Morgan fingerprint density at radius 1 is 1.60 bits per heavy atom. The lowest BCUT2D eigenvalue weighted by Gasteiger charge is -2.20. The van der Waals surface area contributed by atoms with Gasteiger partial charge in [0.25, 0.3) is 0 Å². The first-order valence-corrected chi connectivity index (χ1v) is 5.52. The maximum absolute atomic E-state index is 11.2. The molecule has 84 valence electrons. The summed E-state index contributed by atoms with van der Waals surface area (Å²) in [4.78, 5) is 11.2. The van der Waals surface area contributed by atoms with Gasteiger partial charge in [-0.15, -0.1) is 6.42 Å². The topological polar surface area (TPSA) is 41.1 Å². The minimum atomic E-state index is 0.0219. The number of terminal acetylenes is 1. The first-order valence-electron chi connectivity index (χ1n) is 5.52. The Morgan fingerprint density at radius 3 is 2.80 bits per heavy atom. The lowest BCUT2D eigenvalue weighted by Crippen LogP contribution is -2.36. The number of hydrogen-bond acceptors (Lipinski definition) is 2. The molecule has 0 aromatic heterocycles. The van der Waals surface area contributed by atoms with Crippen LogP contribution in [0.1, 0.15) is 33.1 Å². The van der Waals surface area contributed by atoms with Crippen molar-refractivity contribution in [3.05, 3.63) is 0 Å². The van der Waals surface area contributed by atoms with Crippen LogP contribution in [0, 0.1) is 17.8 Å². The Hall–Kier alpha value is -1.01. The molecule has 1 aliphatic rings. The average molecular weight is 208 g/mol. The molecule has 0 spiro atoms. The summed E-state index contributed by atoms with van der Waals surface area (Å²) in [6, 6.07) is 0.498. The molecule has 0 radical (unpaired) electrons. The summed E-state index contributed by atoms with van der Waals surface area (Å²) in [5, 5.41) is 6.03. The summed E-state index contributed by atoms with van der Waals surface area (Å²) in [6.07, 6.45) is 8.13. The highest BCUT2D eigenvalue weighted by atomic mass is 16.1. The van der Waals surface area contributed by atoms with Crippen molar-refractivity contribution in [1.29, 1.82) is 0 Å². The van der Waals surface area contributed by atoms with Gasteiger partial charge in [0.05, 0.1) is 6.54 Å². The highest BCUT2D eigenvalue weighted by Gasteiger charge is 2.41. The minimum absolute atomic E-state index is 0.0219. The third-order valence-electron chi connectivity index (χ3n) is 3.27. The van der Waals surface area contributed by atoms with Crippen LogP contribution in [-0.4, -0.2) is 25.0 Å². The van der Waals surface area contributed by atoms with Crippen LogP contribution < -0.4 is 10.6 Å². The van der Waals surface area contributed by atoms with E-state index in [2.05, 4.69) is 30.4 Å². The highest BCUT2D eigenvalue weighted by Crippen LogP contribution is 2.47. The summed E-state index contributed by atoms with van der Waals surface area (Å²) >= 11 is 0. The molecule has 15 heavy (non-hydrogen) atoms. The lowest BCUT2D eigenvalue weighted by atomic mass is 10.0. The van der Waals surface area contributed by atoms with E-state index in [9.17, 15) is 4.79 Å². The molecule has 0 aromatic carbocycles. The van der Waals surface area contributed by atoms with Crippen LogP contribution >= 0.6 is 0 Å². The highest BCUT2D eigenvalue weighted by molar-refractivity contribution is 5.76. The number of rotatable bonds is 6. The number of hydrogen-bond donors (Lipinski definition) is 2. The normalized spacial score (nSPS) is 19.0. The van der Waals surface area contributed by atoms with Crippen molar-refractivity contribution in [3.8, 4) is 12.3 Å². The lowest BCUT2D eigenvalue weighted by molar-refractivity contribution is -0.120. The van der Waals surface area contributed by atoms with Gasteiger partial charge in [0.1, 0.15) is 0 Å². The molecule has 3 nitrogen and oxygen atoms in total. The van der Waals surface area contributed by atoms with Crippen molar-refractivity contribution in [2.75, 3.05) is 13.1 Å². The summed E-state index contributed by atoms with van der Waals surface area (Å²) in [7, 11) is 0. The molecule has 0 heterocycles. The number of nitrogens with one attached hydrogen (secondary N) is 2. The Kier molecular flexibility index (Phi) is 4.16. The second kappa shape index (κ2) is 5.18. The van der Waals surface area contributed by atoms with Crippen LogP contribution in [0.3, 0.4) is 0 Å². The second-order valence-corrected chi connectivity index (χ2v) is 4.56. The van der Waals surface area contributed by atoms with Crippen molar-refractivity contribution in [1.82, 2.24) is 10.6 Å². The molecule has 1 aliphatic carbocycles. The molecule has 0 saturated heterocycles. The van der Waals surface area contributed by atoms with E-state index in [0.29, 0.717) is 24.4 Å². The van der Waals surface area contributed by atoms with Gasteiger partial charge in [0, 0.05) is 19.0 Å². The van der Waals surface area contributed by atoms with Gasteiger partial charge in [0.2, 0.25) is 5.91 Å². The minimum Gasteiger partial charge on any atom is -0.345 e. The molecule has 0 aliphatic heterocycles. The fraction of sp³-hybridized carbons (Fsp3) is 0.750. The predicted octanol–water partition coefficient (Wildman–Crippen LogP) is 0.904. The van der Waals surface area contributed by atoms with Gasteiger partial charge in [-0.3, -0.25) is 4.79 Å². The molecular weight excluding hydrogens is 188 g/mol. The molecule has 1 saturated carbocycles. The SMILES string of the molecule is C#CCNC(=O)CCNC(C)C1(C)CC1. The Labute approximate surface area is 92.0 Å². The molecule has 1 amide bonds. The third-order valence-corrected chi connectivity index (χ3v) is 3.27. The van der Waals surface area contributed by atoms with E-state index < -0.39 is 0 Å². The van der Waals surface area contributed by atoms with Crippen LogP contribution in [0.15, 0.2) is 0 Å².